The normalized spacial score (nSPS) is 10.9. The number of amides is 1. The third-order valence-corrected chi connectivity index (χ3v) is 5.41. The van der Waals surface area contributed by atoms with Gasteiger partial charge in [-0.25, -0.2) is 9.67 Å². The van der Waals surface area contributed by atoms with Crippen LogP contribution >= 0.6 is 11.3 Å². The fraction of sp³-hybridized carbons (Fsp3) is 0.150. The van der Waals surface area contributed by atoms with Crippen LogP contribution < -0.4 is 10.9 Å². The highest BCUT2D eigenvalue weighted by Crippen LogP contribution is 2.23. The second-order valence-corrected chi connectivity index (χ2v) is 7.71. The van der Waals surface area contributed by atoms with Gasteiger partial charge in [0, 0.05) is 17.7 Å². The molecule has 3 aromatic heterocycles. The molecule has 29 heavy (non-hydrogen) atoms. The first-order valence-electron chi connectivity index (χ1n) is 8.93. The summed E-state index contributed by atoms with van der Waals surface area (Å²) in [6.07, 6.45) is 2.95. The summed E-state index contributed by atoms with van der Waals surface area (Å²) in [7, 11) is 0. The number of nitrogens with zero attached hydrogens (tertiary/aromatic N) is 3. The molecule has 0 atom stereocenters. The van der Waals surface area contributed by atoms with E-state index in [2.05, 4.69) is 20.4 Å². The van der Waals surface area contributed by atoms with E-state index in [0.717, 1.165) is 4.88 Å². The number of nitrogens with one attached hydrogen (secondary N) is 2. The standard InChI is InChI=1S/C20H17N5O3S/c1-12-6-8-17(29-12)16(26)7-9-18(27)24-14-4-2-3-5-15(14)25-19-13(10-23-25)20(28)22-11-21-19/h2-6,8,10-11H,7,9H2,1H3,(H,24,27)(H,21,22,28). The molecule has 9 heteroatoms. The molecule has 0 bridgehead atoms. The van der Waals surface area contributed by atoms with Crippen LogP contribution in [0.1, 0.15) is 27.4 Å². The minimum absolute atomic E-state index is 0.0481. The lowest BCUT2D eigenvalue weighted by molar-refractivity contribution is -0.116. The van der Waals surface area contributed by atoms with E-state index in [1.54, 1.807) is 30.3 Å². The third kappa shape index (κ3) is 3.85. The molecule has 0 aliphatic carbocycles. The first-order valence-corrected chi connectivity index (χ1v) is 9.75. The number of aromatic nitrogens is 4. The molecular formula is C20H17N5O3S. The van der Waals surface area contributed by atoms with Crippen molar-refractivity contribution >= 4 is 39.7 Å². The Labute approximate surface area is 169 Å². The van der Waals surface area contributed by atoms with Gasteiger partial charge in [0.05, 0.1) is 28.8 Å². The predicted octanol–water partition coefficient (Wildman–Crippen LogP) is 3.08. The molecule has 4 rings (SSSR count). The molecule has 1 amide bonds. The van der Waals surface area contributed by atoms with Crippen LogP contribution in [0.25, 0.3) is 16.7 Å². The summed E-state index contributed by atoms with van der Waals surface area (Å²) in [5, 5.41) is 7.42. The predicted molar refractivity (Wildman–Crippen MR) is 111 cm³/mol. The van der Waals surface area contributed by atoms with Crippen molar-refractivity contribution in [2.45, 2.75) is 19.8 Å². The highest BCUT2D eigenvalue weighted by Gasteiger charge is 2.15. The van der Waals surface area contributed by atoms with E-state index in [0.29, 0.717) is 27.3 Å². The molecule has 0 radical (unpaired) electrons. The summed E-state index contributed by atoms with van der Waals surface area (Å²) in [5.41, 5.74) is 1.20. The highest BCUT2D eigenvalue weighted by molar-refractivity contribution is 7.14. The lowest BCUT2D eigenvalue weighted by Gasteiger charge is -2.11. The number of thiophene rings is 1. The number of carbonyl (C=O) groups excluding carboxylic acids is 2. The lowest BCUT2D eigenvalue weighted by atomic mass is 10.2. The van der Waals surface area contributed by atoms with Gasteiger partial charge in [0.1, 0.15) is 5.39 Å². The summed E-state index contributed by atoms with van der Waals surface area (Å²) in [6.45, 7) is 1.94. The maximum atomic E-state index is 12.4. The summed E-state index contributed by atoms with van der Waals surface area (Å²) < 4.78 is 1.50. The first-order chi connectivity index (χ1) is 14.0. The van der Waals surface area contributed by atoms with Gasteiger partial charge < -0.3 is 10.3 Å². The van der Waals surface area contributed by atoms with Crippen molar-refractivity contribution in [3.63, 3.8) is 0 Å². The Kier molecular flexibility index (Phi) is 5.05. The zero-order chi connectivity index (χ0) is 20.4. The van der Waals surface area contributed by atoms with Gasteiger partial charge in [0.15, 0.2) is 11.4 Å². The van der Waals surface area contributed by atoms with Gasteiger partial charge in [-0.15, -0.1) is 11.3 Å². The second kappa shape index (κ2) is 7.80. The van der Waals surface area contributed by atoms with Gasteiger partial charge in [-0.1, -0.05) is 12.1 Å². The second-order valence-electron chi connectivity index (χ2n) is 6.42. The molecule has 2 N–H and O–H groups in total. The number of ketones is 1. The van der Waals surface area contributed by atoms with Crippen LogP contribution in [0.3, 0.4) is 0 Å². The molecule has 0 spiro atoms. The average molecular weight is 407 g/mol. The van der Waals surface area contributed by atoms with Crippen LogP contribution in [0.15, 0.2) is 53.7 Å². The van der Waals surface area contributed by atoms with E-state index in [1.165, 1.54) is 28.5 Å². The zero-order valence-corrected chi connectivity index (χ0v) is 16.3. The van der Waals surface area contributed by atoms with Crippen LogP contribution in [0.5, 0.6) is 0 Å². The molecule has 146 valence electrons. The number of aromatic amines is 1. The van der Waals surface area contributed by atoms with Crippen LogP contribution in [-0.2, 0) is 4.79 Å². The average Bonchev–Trinajstić information content (AvgIpc) is 3.34. The van der Waals surface area contributed by atoms with Crippen molar-refractivity contribution in [1.82, 2.24) is 19.7 Å². The molecule has 8 nitrogen and oxygen atoms in total. The Morgan fingerprint density at radius 2 is 2.00 bits per heavy atom. The first kappa shape index (κ1) is 18.8. The monoisotopic (exact) mass is 407 g/mol. The highest BCUT2D eigenvalue weighted by atomic mass is 32.1. The van der Waals surface area contributed by atoms with Crippen LogP contribution in [-0.4, -0.2) is 31.4 Å². The number of hydrogen-bond donors (Lipinski definition) is 2. The number of aryl methyl sites for hydroxylation is 1. The summed E-state index contributed by atoms with van der Waals surface area (Å²) in [6, 6.07) is 10.8. The number of hydrogen-bond acceptors (Lipinski definition) is 6. The molecule has 4 aromatic rings. The number of carbonyl (C=O) groups is 2. The third-order valence-electron chi connectivity index (χ3n) is 4.37. The van der Waals surface area contributed by atoms with Gasteiger partial charge in [-0.3, -0.25) is 14.4 Å². The van der Waals surface area contributed by atoms with E-state index >= 15 is 0 Å². The topological polar surface area (TPSA) is 110 Å². The largest absolute Gasteiger partial charge is 0.324 e. The van der Waals surface area contributed by atoms with Gasteiger partial charge in [0.2, 0.25) is 5.91 Å². The van der Waals surface area contributed by atoms with Gasteiger partial charge in [0.25, 0.3) is 5.56 Å². The van der Waals surface area contributed by atoms with Gasteiger partial charge in [-0.2, -0.15) is 5.10 Å². The molecular weight excluding hydrogens is 390 g/mol. The molecule has 0 aliphatic rings. The molecule has 0 saturated carbocycles. The number of para-hydroxylation sites is 2. The fourth-order valence-electron chi connectivity index (χ4n) is 2.94. The minimum Gasteiger partial charge on any atom is -0.324 e. The molecule has 0 saturated heterocycles. The molecule has 3 heterocycles. The smallest absolute Gasteiger partial charge is 0.261 e. The van der Waals surface area contributed by atoms with E-state index in [1.807, 2.05) is 13.0 Å². The maximum absolute atomic E-state index is 12.4. The maximum Gasteiger partial charge on any atom is 0.261 e. The number of H-pyrrole nitrogens is 1. The Hall–Kier alpha value is -3.59. The van der Waals surface area contributed by atoms with Crippen LogP contribution in [0, 0.1) is 6.92 Å². The molecule has 0 fully saturated rings. The Morgan fingerprint density at radius 3 is 2.79 bits per heavy atom. The Bertz CT molecular complexity index is 1270. The van der Waals surface area contributed by atoms with E-state index in [-0.39, 0.29) is 30.1 Å². The van der Waals surface area contributed by atoms with Crippen molar-refractivity contribution < 1.29 is 9.59 Å². The number of rotatable bonds is 6. The quantitative estimate of drug-likeness (QED) is 0.477. The summed E-state index contributed by atoms with van der Waals surface area (Å²) in [4.78, 5) is 45.0. The Morgan fingerprint density at radius 1 is 1.17 bits per heavy atom. The van der Waals surface area contributed by atoms with Crippen molar-refractivity contribution in [2.75, 3.05) is 5.32 Å². The fourth-order valence-corrected chi connectivity index (χ4v) is 3.78. The minimum atomic E-state index is -0.287. The summed E-state index contributed by atoms with van der Waals surface area (Å²) >= 11 is 1.43. The number of benzene rings is 1. The molecule has 0 unspecified atom stereocenters. The van der Waals surface area contributed by atoms with Crippen LogP contribution in [0.4, 0.5) is 5.69 Å². The molecule has 1 aromatic carbocycles. The lowest BCUT2D eigenvalue weighted by Crippen LogP contribution is -2.15. The van der Waals surface area contributed by atoms with E-state index in [4.69, 9.17) is 0 Å². The Balaban J connectivity index is 1.52. The van der Waals surface area contributed by atoms with Crippen molar-refractivity contribution in [2.24, 2.45) is 0 Å². The van der Waals surface area contributed by atoms with Crippen LogP contribution in [0.2, 0.25) is 0 Å². The zero-order valence-electron chi connectivity index (χ0n) is 15.5. The number of anilines is 1. The van der Waals surface area contributed by atoms with Crippen molar-refractivity contribution in [3.8, 4) is 5.69 Å². The summed E-state index contributed by atoms with van der Waals surface area (Å²) in [5.74, 6) is -0.325. The number of Topliss-reactive ketones (excluding diaryl/α,β-unsaturated/α-hetero) is 1. The van der Waals surface area contributed by atoms with E-state index in [9.17, 15) is 14.4 Å². The van der Waals surface area contributed by atoms with Crippen molar-refractivity contribution in [3.05, 3.63) is 69.0 Å². The SMILES string of the molecule is Cc1ccc(C(=O)CCC(=O)Nc2ccccc2-n2ncc3c(=O)[nH]cnc32)s1. The number of fused-ring (bicyclic) bond motifs is 1. The van der Waals surface area contributed by atoms with Gasteiger partial charge in [-0.05, 0) is 31.2 Å². The van der Waals surface area contributed by atoms with Gasteiger partial charge >= 0.3 is 0 Å². The molecule has 0 aliphatic heterocycles. The van der Waals surface area contributed by atoms with E-state index < -0.39 is 0 Å². The van der Waals surface area contributed by atoms with Crippen molar-refractivity contribution in [1.29, 1.82) is 0 Å².